The Morgan fingerprint density at radius 2 is 2.15 bits per heavy atom. The summed E-state index contributed by atoms with van der Waals surface area (Å²) in [5, 5.41) is 0. The SMILES string of the molecule is CCC(=O)OC(CN)CP(=O)(O)O. The molecule has 0 heterocycles. The summed E-state index contributed by atoms with van der Waals surface area (Å²) in [6.45, 7) is 1.50. The van der Waals surface area contributed by atoms with Gasteiger partial charge >= 0.3 is 13.6 Å². The third kappa shape index (κ3) is 6.72. The van der Waals surface area contributed by atoms with E-state index in [2.05, 4.69) is 4.74 Å². The predicted octanol–water partition coefficient (Wildman–Crippen LogP) is -0.555. The van der Waals surface area contributed by atoms with Crippen LogP contribution in [-0.4, -0.2) is 34.6 Å². The van der Waals surface area contributed by atoms with Gasteiger partial charge in [-0.15, -0.1) is 0 Å². The largest absolute Gasteiger partial charge is 0.460 e. The summed E-state index contributed by atoms with van der Waals surface area (Å²) in [4.78, 5) is 27.9. The van der Waals surface area contributed by atoms with Crippen LogP contribution in [0.25, 0.3) is 0 Å². The maximum Gasteiger partial charge on any atom is 0.329 e. The molecule has 1 unspecified atom stereocenters. The second kappa shape index (κ2) is 5.34. The van der Waals surface area contributed by atoms with E-state index in [-0.39, 0.29) is 13.0 Å². The fraction of sp³-hybridized carbons (Fsp3) is 0.833. The smallest absolute Gasteiger partial charge is 0.329 e. The van der Waals surface area contributed by atoms with Gasteiger partial charge in [0, 0.05) is 13.0 Å². The average Bonchev–Trinajstić information content (AvgIpc) is 2.00. The van der Waals surface area contributed by atoms with E-state index in [0.717, 1.165) is 0 Å². The van der Waals surface area contributed by atoms with Crippen molar-refractivity contribution in [1.82, 2.24) is 0 Å². The number of hydrogen-bond donors (Lipinski definition) is 3. The first-order valence-electron chi connectivity index (χ1n) is 3.83. The third-order valence-electron chi connectivity index (χ3n) is 1.29. The molecule has 1 atom stereocenters. The molecule has 13 heavy (non-hydrogen) atoms. The lowest BCUT2D eigenvalue weighted by Gasteiger charge is -2.15. The van der Waals surface area contributed by atoms with Crippen LogP contribution in [0.5, 0.6) is 0 Å². The van der Waals surface area contributed by atoms with Gasteiger partial charge in [-0.05, 0) is 0 Å². The Labute approximate surface area is 76.2 Å². The van der Waals surface area contributed by atoms with E-state index >= 15 is 0 Å². The van der Waals surface area contributed by atoms with Crippen molar-refractivity contribution < 1.29 is 23.9 Å². The van der Waals surface area contributed by atoms with Gasteiger partial charge in [-0.1, -0.05) is 6.92 Å². The highest BCUT2D eigenvalue weighted by molar-refractivity contribution is 7.51. The van der Waals surface area contributed by atoms with Crippen molar-refractivity contribution in [3.8, 4) is 0 Å². The zero-order valence-electron chi connectivity index (χ0n) is 7.34. The highest BCUT2D eigenvalue weighted by atomic mass is 31.2. The standard InChI is InChI=1S/C6H14NO5P/c1-2-6(8)12-5(3-7)4-13(9,10)11/h5H,2-4,7H2,1H3,(H2,9,10,11). The summed E-state index contributed by atoms with van der Waals surface area (Å²) in [6, 6.07) is 0. The van der Waals surface area contributed by atoms with Crippen LogP contribution >= 0.6 is 7.60 Å². The molecule has 0 saturated carbocycles. The van der Waals surface area contributed by atoms with Crippen LogP contribution in [0.2, 0.25) is 0 Å². The molecule has 0 aliphatic heterocycles. The molecule has 0 aliphatic rings. The lowest BCUT2D eigenvalue weighted by molar-refractivity contribution is -0.147. The molecule has 0 aromatic rings. The van der Waals surface area contributed by atoms with Gasteiger partial charge in [-0.25, -0.2) is 0 Å². The number of esters is 1. The third-order valence-corrected chi connectivity index (χ3v) is 2.17. The topological polar surface area (TPSA) is 110 Å². The summed E-state index contributed by atoms with van der Waals surface area (Å²) in [5.41, 5.74) is 5.16. The molecule has 0 aromatic carbocycles. The Hall–Kier alpha value is -0.420. The normalized spacial score (nSPS) is 13.8. The van der Waals surface area contributed by atoms with E-state index in [1.54, 1.807) is 6.92 Å². The Balaban J connectivity index is 4.05. The average molecular weight is 211 g/mol. The van der Waals surface area contributed by atoms with Gasteiger partial charge < -0.3 is 20.3 Å². The summed E-state index contributed by atoms with van der Waals surface area (Å²) in [7, 11) is -4.16. The van der Waals surface area contributed by atoms with E-state index in [0.29, 0.717) is 0 Å². The second-order valence-corrected chi connectivity index (χ2v) is 4.24. The quantitative estimate of drug-likeness (QED) is 0.415. The van der Waals surface area contributed by atoms with Crippen LogP contribution in [0.1, 0.15) is 13.3 Å². The molecule has 0 saturated heterocycles. The van der Waals surface area contributed by atoms with Gasteiger partial charge in [0.05, 0.1) is 6.16 Å². The van der Waals surface area contributed by atoms with Crippen LogP contribution in [0, 0.1) is 0 Å². The van der Waals surface area contributed by atoms with Gasteiger partial charge in [-0.2, -0.15) is 0 Å². The monoisotopic (exact) mass is 211 g/mol. The van der Waals surface area contributed by atoms with E-state index in [1.165, 1.54) is 0 Å². The molecule has 0 fully saturated rings. The Kier molecular flexibility index (Phi) is 5.17. The second-order valence-electron chi connectivity index (χ2n) is 2.55. The fourth-order valence-electron chi connectivity index (χ4n) is 0.694. The molecule has 0 rings (SSSR count). The van der Waals surface area contributed by atoms with E-state index < -0.39 is 25.8 Å². The number of carbonyl (C=O) groups excluding carboxylic acids is 1. The number of nitrogens with two attached hydrogens (primary N) is 1. The first-order valence-corrected chi connectivity index (χ1v) is 5.63. The van der Waals surface area contributed by atoms with Gasteiger partial charge in [0.15, 0.2) is 0 Å². The van der Waals surface area contributed by atoms with E-state index in [9.17, 15) is 9.36 Å². The van der Waals surface area contributed by atoms with Crippen molar-refractivity contribution in [1.29, 1.82) is 0 Å². The zero-order chi connectivity index (χ0) is 10.5. The molecule has 0 bridgehead atoms. The van der Waals surface area contributed by atoms with Crippen LogP contribution < -0.4 is 5.73 Å². The van der Waals surface area contributed by atoms with E-state index in [4.69, 9.17) is 15.5 Å². The lowest BCUT2D eigenvalue weighted by Crippen LogP contribution is -2.29. The fourth-order valence-corrected chi connectivity index (χ4v) is 1.45. The highest BCUT2D eigenvalue weighted by Crippen LogP contribution is 2.35. The molecule has 0 amide bonds. The van der Waals surface area contributed by atoms with Gasteiger partial charge in [-0.3, -0.25) is 9.36 Å². The maximum atomic E-state index is 10.7. The number of carbonyl (C=O) groups is 1. The number of hydrogen-bond acceptors (Lipinski definition) is 4. The van der Waals surface area contributed by atoms with Crippen molar-refractivity contribution in [3.63, 3.8) is 0 Å². The van der Waals surface area contributed by atoms with Crippen LogP contribution in [0.15, 0.2) is 0 Å². The molecular weight excluding hydrogens is 197 g/mol. The molecule has 7 heteroatoms. The summed E-state index contributed by atoms with van der Waals surface area (Å²) < 4.78 is 15.2. The Morgan fingerprint density at radius 3 is 2.46 bits per heavy atom. The van der Waals surface area contributed by atoms with Gasteiger partial charge in [0.25, 0.3) is 0 Å². The molecule has 78 valence electrons. The van der Waals surface area contributed by atoms with E-state index in [1.807, 2.05) is 0 Å². The molecule has 6 nitrogen and oxygen atoms in total. The van der Waals surface area contributed by atoms with Crippen molar-refractivity contribution in [2.45, 2.75) is 19.4 Å². The maximum absolute atomic E-state index is 10.7. The van der Waals surface area contributed by atoms with Crippen LogP contribution in [0.4, 0.5) is 0 Å². The summed E-state index contributed by atoms with van der Waals surface area (Å²) in [5.74, 6) is -0.510. The molecule has 0 radical (unpaired) electrons. The van der Waals surface area contributed by atoms with Gasteiger partial charge in [0.2, 0.25) is 0 Å². The van der Waals surface area contributed by atoms with Crippen LogP contribution in [-0.2, 0) is 14.1 Å². The molecule has 4 N–H and O–H groups in total. The minimum Gasteiger partial charge on any atom is -0.460 e. The minimum absolute atomic E-state index is 0.0865. The minimum atomic E-state index is -4.16. The first kappa shape index (κ1) is 12.6. The molecular formula is C6H14NO5P. The summed E-state index contributed by atoms with van der Waals surface area (Å²) >= 11 is 0. The Morgan fingerprint density at radius 1 is 1.62 bits per heavy atom. The predicted molar refractivity (Wildman–Crippen MR) is 46.1 cm³/mol. The lowest BCUT2D eigenvalue weighted by atomic mass is 10.4. The van der Waals surface area contributed by atoms with Crippen molar-refractivity contribution in [2.75, 3.05) is 12.7 Å². The zero-order valence-corrected chi connectivity index (χ0v) is 8.24. The molecule has 0 aliphatic carbocycles. The molecule has 0 aromatic heterocycles. The summed E-state index contributed by atoms with van der Waals surface area (Å²) in [6.07, 6.45) is -1.25. The number of ether oxygens (including phenoxy) is 1. The van der Waals surface area contributed by atoms with Crippen LogP contribution in [0.3, 0.4) is 0 Å². The highest BCUT2D eigenvalue weighted by Gasteiger charge is 2.22. The first-order chi connectivity index (χ1) is 5.89. The van der Waals surface area contributed by atoms with Crippen molar-refractivity contribution >= 4 is 13.6 Å². The van der Waals surface area contributed by atoms with Crippen molar-refractivity contribution in [3.05, 3.63) is 0 Å². The molecule has 0 spiro atoms. The van der Waals surface area contributed by atoms with Gasteiger partial charge in [0.1, 0.15) is 6.10 Å². The van der Waals surface area contributed by atoms with Crippen molar-refractivity contribution in [2.24, 2.45) is 5.73 Å². The number of rotatable bonds is 5. The Bertz CT molecular complexity index is 213.